The van der Waals surface area contributed by atoms with Crippen molar-refractivity contribution in [2.45, 2.75) is 39.7 Å². The summed E-state index contributed by atoms with van der Waals surface area (Å²) >= 11 is 0. The Morgan fingerprint density at radius 2 is 1.93 bits per heavy atom. The second-order valence-corrected chi connectivity index (χ2v) is 7.35. The molecule has 0 aromatic carbocycles. The lowest BCUT2D eigenvalue weighted by molar-refractivity contribution is 0.174. The van der Waals surface area contributed by atoms with Gasteiger partial charge in [0.2, 0.25) is 0 Å². The predicted octanol–water partition coefficient (Wildman–Crippen LogP) is 2.73. The van der Waals surface area contributed by atoms with Crippen molar-refractivity contribution < 1.29 is 0 Å². The second-order valence-electron chi connectivity index (χ2n) is 7.35. The zero-order valence-corrected chi connectivity index (χ0v) is 15.9. The smallest absolute Gasteiger partial charge is 0.156 e. The van der Waals surface area contributed by atoms with E-state index >= 15 is 0 Å². The van der Waals surface area contributed by atoms with E-state index in [-0.39, 0.29) is 0 Å². The quantitative estimate of drug-likeness (QED) is 0.750. The second kappa shape index (κ2) is 7.92. The molecule has 0 unspecified atom stereocenters. The Morgan fingerprint density at radius 3 is 2.63 bits per heavy atom. The molecule has 1 N–H and O–H groups in total. The van der Waals surface area contributed by atoms with Crippen LogP contribution in [0.25, 0.3) is 11.5 Å². The van der Waals surface area contributed by atoms with Crippen LogP contribution in [0.5, 0.6) is 0 Å². The monoisotopic (exact) mass is 363 g/mol. The van der Waals surface area contributed by atoms with E-state index in [9.17, 15) is 0 Å². The van der Waals surface area contributed by atoms with Crippen LogP contribution in [-0.2, 0) is 13.0 Å². The van der Waals surface area contributed by atoms with Gasteiger partial charge in [-0.3, -0.25) is 14.9 Å². The van der Waals surface area contributed by atoms with E-state index in [4.69, 9.17) is 4.98 Å². The lowest BCUT2D eigenvalue weighted by atomic mass is 9.93. The third-order valence-corrected chi connectivity index (χ3v) is 5.03. The first kappa shape index (κ1) is 17.7. The summed E-state index contributed by atoms with van der Waals surface area (Å²) in [5.41, 5.74) is 3.95. The fraction of sp³-hybridized carbons (Fsp3) is 0.450. The fourth-order valence-electron chi connectivity index (χ4n) is 3.63. The third-order valence-electron chi connectivity index (χ3n) is 5.03. The topological polar surface area (TPSA) is 83.5 Å². The van der Waals surface area contributed by atoms with Crippen LogP contribution < -0.4 is 0 Å². The van der Waals surface area contributed by atoms with Crippen molar-refractivity contribution in [1.29, 1.82) is 0 Å². The minimum atomic E-state index is 0.621. The molecule has 140 valence electrons. The number of aromatic nitrogens is 6. The molecular formula is C20H25N7. The molecule has 1 aliphatic heterocycles. The summed E-state index contributed by atoms with van der Waals surface area (Å²) in [5, 5.41) is 0. The number of rotatable bonds is 5. The SMILES string of the molecule is Cc1cc(-c2ncc(C)[nH]2)nc(CC2CCN(Cc3cnccn3)CC2)n1. The van der Waals surface area contributed by atoms with Gasteiger partial charge in [0.05, 0.1) is 5.69 Å². The maximum absolute atomic E-state index is 4.76. The summed E-state index contributed by atoms with van der Waals surface area (Å²) in [5.74, 6) is 2.36. The van der Waals surface area contributed by atoms with Gasteiger partial charge in [-0.1, -0.05) is 0 Å². The van der Waals surface area contributed by atoms with Crippen LogP contribution in [0.15, 0.2) is 30.9 Å². The Hall–Kier alpha value is -2.67. The van der Waals surface area contributed by atoms with E-state index in [0.717, 1.165) is 73.3 Å². The maximum atomic E-state index is 4.76. The molecule has 27 heavy (non-hydrogen) atoms. The van der Waals surface area contributed by atoms with Gasteiger partial charge in [0.25, 0.3) is 0 Å². The van der Waals surface area contributed by atoms with Gasteiger partial charge in [-0.2, -0.15) is 0 Å². The number of hydrogen-bond donors (Lipinski definition) is 1. The van der Waals surface area contributed by atoms with E-state index in [1.807, 2.05) is 32.3 Å². The van der Waals surface area contributed by atoms with Crippen molar-refractivity contribution in [2.75, 3.05) is 13.1 Å². The number of nitrogens with one attached hydrogen (secondary N) is 1. The molecule has 4 rings (SSSR count). The number of aryl methyl sites for hydroxylation is 2. The summed E-state index contributed by atoms with van der Waals surface area (Å²) in [6.07, 6.45) is 10.4. The van der Waals surface area contributed by atoms with Crippen molar-refractivity contribution in [3.8, 4) is 11.5 Å². The molecule has 0 bridgehead atoms. The number of hydrogen-bond acceptors (Lipinski definition) is 6. The Bertz CT molecular complexity index is 882. The van der Waals surface area contributed by atoms with Crippen LogP contribution in [0.1, 0.15) is 35.7 Å². The highest BCUT2D eigenvalue weighted by molar-refractivity contribution is 5.49. The molecule has 7 nitrogen and oxygen atoms in total. The van der Waals surface area contributed by atoms with Crippen molar-refractivity contribution in [3.63, 3.8) is 0 Å². The van der Waals surface area contributed by atoms with E-state index < -0.39 is 0 Å². The highest BCUT2D eigenvalue weighted by Gasteiger charge is 2.21. The molecule has 1 saturated heterocycles. The van der Waals surface area contributed by atoms with Gasteiger partial charge >= 0.3 is 0 Å². The number of aromatic amines is 1. The van der Waals surface area contributed by atoms with Gasteiger partial charge in [-0.25, -0.2) is 15.0 Å². The molecule has 3 aromatic rings. The van der Waals surface area contributed by atoms with Gasteiger partial charge in [0, 0.05) is 49.1 Å². The lowest BCUT2D eigenvalue weighted by Gasteiger charge is -2.31. The van der Waals surface area contributed by atoms with Crippen molar-refractivity contribution >= 4 is 0 Å². The first-order valence-electron chi connectivity index (χ1n) is 9.49. The summed E-state index contributed by atoms with van der Waals surface area (Å²) < 4.78 is 0. The van der Waals surface area contributed by atoms with E-state index in [0.29, 0.717) is 5.92 Å². The van der Waals surface area contributed by atoms with Crippen LogP contribution in [0.4, 0.5) is 0 Å². The number of H-pyrrole nitrogens is 1. The van der Waals surface area contributed by atoms with Crippen molar-refractivity contribution in [3.05, 3.63) is 53.8 Å². The first-order valence-corrected chi connectivity index (χ1v) is 9.49. The predicted molar refractivity (Wildman–Crippen MR) is 103 cm³/mol. The van der Waals surface area contributed by atoms with E-state index in [1.165, 1.54) is 0 Å². The molecule has 0 saturated carbocycles. The molecule has 0 amide bonds. The maximum Gasteiger partial charge on any atom is 0.156 e. The molecule has 7 heteroatoms. The summed E-state index contributed by atoms with van der Waals surface area (Å²) in [6, 6.07) is 1.99. The average Bonchev–Trinajstić information content (AvgIpc) is 3.10. The zero-order valence-electron chi connectivity index (χ0n) is 15.9. The number of piperidine rings is 1. The Labute approximate surface area is 159 Å². The van der Waals surface area contributed by atoms with Crippen molar-refractivity contribution in [1.82, 2.24) is 34.8 Å². The molecule has 0 aliphatic carbocycles. The van der Waals surface area contributed by atoms with Crippen molar-refractivity contribution in [2.24, 2.45) is 5.92 Å². The normalized spacial score (nSPS) is 15.9. The van der Waals surface area contributed by atoms with Crippen LogP contribution in [0.2, 0.25) is 0 Å². The Morgan fingerprint density at radius 1 is 1.07 bits per heavy atom. The minimum absolute atomic E-state index is 0.621. The third kappa shape index (κ3) is 4.54. The highest BCUT2D eigenvalue weighted by Crippen LogP contribution is 2.23. The Balaban J connectivity index is 1.37. The summed E-state index contributed by atoms with van der Waals surface area (Å²) in [7, 11) is 0. The van der Waals surface area contributed by atoms with Crippen LogP contribution >= 0.6 is 0 Å². The van der Waals surface area contributed by atoms with Gasteiger partial charge < -0.3 is 4.98 Å². The zero-order chi connectivity index (χ0) is 18.6. The van der Waals surface area contributed by atoms with Crippen LogP contribution in [-0.4, -0.2) is 47.9 Å². The van der Waals surface area contributed by atoms with E-state index in [1.54, 1.807) is 12.4 Å². The molecular weight excluding hydrogens is 338 g/mol. The van der Waals surface area contributed by atoms with Gasteiger partial charge in [-0.15, -0.1) is 0 Å². The highest BCUT2D eigenvalue weighted by atomic mass is 15.1. The summed E-state index contributed by atoms with van der Waals surface area (Å²) in [4.78, 5) is 28.1. The van der Waals surface area contributed by atoms with Crippen LogP contribution in [0.3, 0.4) is 0 Å². The number of likely N-dealkylation sites (tertiary alicyclic amines) is 1. The van der Waals surface area contributed by atoms with Gasteiger partial charge in [-0.05, 0) is 51.8 Å². The standard InChI is InChI=1S/C20H25N7/c1-14-9-18(20-23-11-15(2)25-20)26-19(24-14)10-16-3-7-27(8-4-16)13-17-12-21-5-6-22-17/h5-6,9,11-12,16H,3-4,7-8,10,13H2,1-2H3,(H,23,25). The average molecular weight is 363 g/mol. The van der Waals surface area contributed by atoms with E-state index in [2.05, 4.69) is 29.8 Å². The molecule has 0 radical (unpaired) electrons. The largest absolute Gasteiger partial charge is 0.341 e. The van der Waals surface area contributed by atoms with Gasteiger partial charge in [0.15, 0.2) is 5.82 Å². The first-order chi connectivity index (χ1) is 13.2. The number of nitrogens with zero attached hydrogens (tertiary/aromatic N) is 6. The minimum Gasteiger partial charge on any atom is -0.341 e. The molecule has 4 heterocycles. The van der Waals surface area contributed by atoms with Crippen LogP contribution in [0, 0.1) is 19.8 Å². The molecule has 1 aliphatic rings. The lowest BCUT2D eigenvalue weighted by Crippen LogP contribution is -2.34. The van der Waals surface area contributed by atoms with Gasteiger partial charge in [0.1, 0.15) is 11.5 Å². The molecule has 1 fully saturated rings. The Kier molecular flexibility index (Phi) is 5.20. The number of imidazole rings is 1. The molecule has 3 aromatic heterocycles. The summed E-state index contributed by atoms with van der Waals surface area (Å²) in [6.45, 7) is 7.06. The fourth-order valence-corrected chi connectivity index (χ4v) is 3.63. The molecule has 0 spiro atoms. The molecule has 0 atom stereocenters.